The third kappa shape index (κ3) is 4.84. The Labute approximate surface area is 204 Å². The van der Waals surface area contributed by atoms with Gasteiger partial charge in [0.15, 0.2) is 5.54 Å². The zero-order valence-electron chi connectivity index (χ0n) is 19.8. The molecule has 1 unspecified atom stereocenters. The molecule has 0 fully saturated rings. The molecule has 3 aromatic rings. The highest BCUT2D eigenvalue weighted by atomic mass is 16.5. The van der Waals surface area contributed by atoms with Crippen LogP contribution in [-0.2, 0) is 26.4 Å². The first-order valence-electron chi connectivity index (χ1n) is 11.4. The highest BCUT2D eigenvalue weighted by Gasteiger charge is 2.52. The van der Waals surface area contributed by atoms with E-state index in [1.807, 2.05) is 54.6 Å². The molecule has 0 bridgehead atoms. The van der Waals surface area contributed by atoms with E-state index in [1.165, 1.54) is 0 Å². The molecule has 0 saturated carbocycles. The van der Waals surface area contributed by atoms with Gasteiger partial charge in [-0.05, 0) is 42.8 Å². The molecule has 0 N–H and O–H groups in total. The van der Waals surface area contributed by atoms with Gasteiger partial charge in [-0.3, -0.25) is 4.79 Å². The number of azo groups is 1. The summed E-state index contributed by atoms with van der Waals surface area (Å²) in [6, 6.07) is 24.2. The van der Waals surface area contributed by atoms with Crippen LogP contribution < -0.4 is 9.64 Å². The minimum absolute atomic E-state index is 0.0490. The van der Waals surface area contributed by atoms with Crippen LogP contribution in [0.5, 0.6) is 5.75 Å². The maximum absolute atomic E-state index is 14.1. The van der Waals surface area contributed by atoms with Crippen molar-refractivity contribution in [1.29, 1.82) is 0 Å². The number of amides is 1. The Kier molecular flexibility index (Phi) is 7.06. The number of hydrogen-bond donors (Lipinski definition) is 0. The number of esters is 1. The molecule has 0 saturated heterocycles. The van der Waals surface area contributed by atoms with Crippen LogP contribution in [0.15, 0.2) is 101 Å². The quantitative estimate of drug-likeness (QED) is 0.228. The molecule has 0 spiro atoms. The van der Waals surface area contributed by atoms with Crippen molar-refractivity contribution in [2.24, 2.45) is 10.2 Å². The van der Waals surface area contributed by atoms with Gasteiger partial charge in [0.1, 0.15) is 5.75 Å². The zero-order chi connectivity index (χ0) is 24.8. The normalized spacial score (nSPS) is 16.9. The van der Waals surface area contributed by atoms with Gasteiger partial charge in [0.25, 0.3) is 5.91 Å². The van der Waals surface area contributed by atoms with Crippen molar-refractivity contribution in [2.45, 2.75) is 25.4 Å². The van der Waals surface area contributed by atoms with E-state index in [0.717, 1.165) is 11.3 Å². The van der Waals surface area contributed by atoms with E-state index >= 15 is 0 Å². The molecule has 0 radical (unpaired) electrons. The van der Waals surface area contributed by atoms with Crippen molar-refractivity contribution in [1.82, 2.24) is 0 Å². The number of hydrogen-bond acceptors (Lipinski definition) is 6. The first-order valence-corrected chi connectivity index (χ1v) is 11.4. The second-order valence-corrected chi connectivity index (χ2v) is 8.15. The number of carbonyl (C=O) groups is 2. The van der Waals surface area contributed by atoms with Crippen LogP contribution in [0.2, 0.25) is 0 Å². The number of para-hydroxylation sites is 1. The van der Waals surface area contributed by atoms with Crippen LogP contribution in [0.25, 0.3) is 0 Å². The minimum atomic E-state index is -1.45. The van der Waals surface area contributed by atoms with Gasteiger partial charge >= 0.3 is 5.97 Å². The van der Waals surface area contributed by atoms with E-state index in [9.17, 15) is 9.59 Å². The Bertz CT molecular complexity index is 1250. The molecule has 7 heteroatoms. The molecule has 1 atom stereocenters. The molecule has 35 heavy (non-hydrogen) atoms. The summed E-state index contributed by atoms with van der Waals surface area (Å²) < 4.78 is 10.4. The van der Waals surface area contributed by atoms with Gasteiger partial charge < -0.3 is 14.4 Å². The van der Waals surface area contributed by atoms with Crippen LogP contribution in [0.4, 0.5) is 11.4 Å². The Hall–Kier alpha value is -4.26. The van der Waals surface area contributed by atoms with Gasteiger partial charge in [0.05, 0.1) is 31.6 Å². The molecule has 1 amide bonds. The number of methoxy groups -OCH3 is 1. The van der Waals surface area contributed by atoms with Crippen LogP contribution in [0.3, 0.4) is 0 Å². The number of benzene rings is 3. The lowest BCUT2D eigenvalue weighted by Gasteiger charge is -2.24. The third-order valence-corrected chi connectivity index (χ3v) is 5.86. The Morgan fingerprint density at radius 1 is 1.00 bits per heavy atom. The van der Waals surface area contributed by atoms with Crippen molar-refractivity contribution in [2.75, 3.05) is 18.6 Å². The molecule has 0 aromatic heterocycles. The SMILES string of the molecule is C=C(CC1(N=Nc2ccc(OC)cc2)C(=O)N(Cc2ccccc2)c2ccccc21)C(=O)OCC. The summed E-state index contributed by atoms with van der Waals surface area (Å²) in [6.45, 7) is 6.21. The van der Waals surface area contributed by atoms with Gasteiger partial charge in [0, 0.05) is 17.6 Å². The van der Waals surface area contributed by atoms with E-state index in [0.29, 0.717) is 23.5 Å². The first kappa shape index (κ1) is 23.9. The van der Waals surface area contributed by atoms with Gasteiger partial charge in [-0.15, -0.1) is 0 Å². The van der Waals surface area contributed by atoms with E-state index in [2.05, 4.69) is 16.8 Å². The van der Waals surface area contributed by atoms with Gasteiger partial charge in [-0.1, -0.05) is 55.1 Å². The van der Waals surface area contributed by atoms with Crippen molar-refractivity contribution in [3.63, 3.8) is 0 Å². The Morgan fingerprint density at radius 3 is 2.37 bits per heavy atom. The number of rotatable bonds is 9. The van der Waals surface area contributed by atoms with Gasteiger partial charge in [0.2, 0.25) is 0 Å². The lowest BCUT2D eigenvalue weighted by Crippen LogP contribution is -2.39. The van der Waals surface area contributed by atoms with Crippen LogP contribution in [0, 0.1) is 0 Å². The first-order chi connectivity index (χ1) is 17.0. The van der Waals surface area contributed by atoms with Crippen LogP contribution >= 0.6 is 0 Å². The topological polar surface area (TPSA) is 80.6 Å². The molecule has 4 rings (SSSR count). The molecular formula is C28H27N3O4. The predicted molar refractivity (Wildman–Crippen MR) is 134 cm³/mol. The summed E-state index contributed by atoms with van der Waals surface area (Å²) in [6.07, 6.45) is -0.0490. The number of fused-ring (bicyclic) bond motifs is 1. The van der Waals surface area contributed by atoms with Crippen molar-refractivity contribution in [3.05, 3.63) is 102 Å². The van der Waals surface area contributed by atoms with Crippen molar-refractivity contribution in [3.8, 4) is 5.75 Å². The van der Waals surface area contributed by atoms with Gasteiger partial charge in [-0.2, -0.15) is 10.2 Å². The lowest BCUT2D eigenvalue weighted by atomic mass is 9.86. The molecule has 0 aliphatic carbocycles. The minimum Gasteiger partial charge on any atom is -0.497 e. The highest BCUT2D eigenvalue weighted by molar-refractivity contribution is 6.08. The summed E-state index contributed by atoms with van der Waals surface area (Å²) in [5, 5.41) is 9.02. The standard InChI is InChI=1S/C28H27N3O4/c1-4-35-26(32)20(2)18-28(30-29-22-14-16-23(34-3)17-15-22)24-12-8-9-13-25(24)31(27(28)33)19-21-10-6-5-7-11-21/h5-17H,2,4,18-19H2,1,3H3. The predicted octanol–water partition coefficient (Wildman–Crippen LogP) is 5.73. The molecule has 3 aromatic carbocycles. The monoisotopic (exact) mass is 469 g/mol. The summed E-state index contributed by atoms with van der Waals surface area (Å²) in [4.78, 5) is 28.3. The molecule has 1 aliphatic rings. The maximum Gasteiger partial charge on any atom is 0.333 e. The number of nitrogens with zero attached hydrogens (tertiary/aromatic N) is 3. The summed E-state index contributed by atoms with van der Waals surface area (Å²) in [7, 11) is 1.59. The fraction of sp³-hybridized carbons (Fsp3) is 0.214. The number of anilines is 1. The highest BCUT2D eigenvalue weighted by Crippen LogP contribution is 2.47. The zero-order valence-corrected chi connectivity index (χ0v) is 19.8. The molecule has 178 valence electrons. The largest absolute Gasteiger partial charge is 0.497 e. The van der Waals surface area contributed by atoms with E-state index < -0.39 is 11.5 Å². The smallest absolute Gasteiger partial charge is 0.333 e. The van der Waals surface area contributed by atoms with Crippen molar-refractivity contribution < 1.29 is 19.1 Å². The Balaban J connectivity index is 1.79. The fourth-order valence-electron chi connectivity index (χ4n) is 4.14. The summed E-state index contributed by atoms with van der Waals surface area (Å²) in [5.74, 6) is -0.144. The molecule has 1 heterocycles. The van der Waals surface area contributed by atoms with E-state index in [-0.39, 0.29) is 24.5 Å². The maximum atomic E-state index is 14.1. The summed E-state index contributed by atoms with van der Waals surface area (Å²) >= 11 is 0. The Morgan fingerprint density at radius 2 is 1.69 bits per heavy atom. The molecule has 7 nitrogen and oxygen atoms in total. The van der Waals surface area contributed by atoms with Gasteiger partial charge in [-0.25, -0.2) is 4.79 Å². The van der Waals surface area contributed by atoms with Crippen molar-refractivity contribution >= 4 is 23.3 Å². The van der Waals surface area contributed by atoms with Crippen LogP contribution in [0.1, 0.15) is 24.5 Å². The number of carbonyl (C=O) groups excluding carboxylic acids is 2. The molecule has 1 aliphatic heterocycles. The number of ether oxygens (including phenoxy) is 2. The van der Waals surface area contributed by atoms with E-state index in [4.69, 9.17) is 9.47 Å². The lowest BCUT2D eigenvalue weighted by molar-refractivity contribution is -0.138. The fourth-order valence-corrected chi connectivity index (χ4v) is 4.14. The van der Waals surface area contributed by atoms with E-state index in [1.54, 1.807) is 43.2 Å². The second-order valence-electron chi connectivity index (χ2n) is 8.15. The third-order valence-electron chi connectivity index (χ3n) is 5.86. The average Bonchev–Trinajstić information content (AvgIpc) is 3.11. The molecular weight excluding hydrogens is 442 g/mol. The second kappa shape index (κ2) is 10.3. The van der Waals surface area contributed by atoms with Crippen LogP contribution in [-0.4, -0.2) is 25.6 Å². The average molecular weight is 470 g/mol. The summed E-state index contributed by atoms with van der Waals surface area (Å²) in [5.41, 5.74) is 1.64.